The average Bonchev–Trinajstić information content (AvgIpc) is 2.55. The Morgan fingerprint density at radius 3 is 2.44 bits per heavy atom. The van der Waals surface area contributed by atoms with Gasteiger partial charge in [-0.3, -0.25) is 0 Å². The highest BCUT2D eigenvalue weighted by atomic mass is 19.4. The maximum absolute atomic E-state index is 12.4. The molecule has 0 N–H and O–H groups in total. The molecule has 7 heteroatoms. The van der Waals surface area contributed by atoms with Gasteiger partial charge in [-0.2, -0.15) is 9.61 Å². The number of fused-ring (bicyclic) bond motifs is 1. The van der Waals surface area contributed by atoms with Crippen molar-refractivity contribution in [3.63, 3.8) is 0 Å². The van der Waals surface area contributed by atoms with E-state index in [4.69, 9.17) is 0 Å². The third-order valence-electron chi connectivity index (χ3n) is 2.27. The van der Waals surface area contributed by atoms with E-state index in [-0.39, 0.29) is 11.6 Å². The van der Waals surface area contributed by atoms with E-state index in [0.29, 0.717) is 5.65 Å². The zero-order valence-corrected chi connectivity index (χ0v) is 10.1. The third-order valence-corrected chi connectivity index (χ3v) is 2.27. The van der Waals surface area contributed by atoms with Crippen molar-refractivity contribution in [1.29, 1.82) is 0 Å². The first-order chi connectivity index (χ1) is 8.18. The molecule has 0 fully saturated rings. The first kappa shape index (κ1) is 12.7. The summed E-state index contributed by atoms with van der Waals surface area (Å²) in [7, 11) is 0. The molecular formula is C11H12F3N3O. The fourth-order valence-electron chi connectivity index (χ4n) is 1.56. The number of hydrogen-bond donors (Lipinski definition) is 0. The van der Waals surface area contributed by atoms with Gasteiger partial charge in [-0.15, -0.1) is 13.2 Å². The molecule has 0 spiro atoms. The molecule has 4 nitrogen and oxygen atoms in total. The summed E-state index contributed by atoms with van der Waals surface area (Å²) in [6, 6.07) is 3.18. The van der Waals surface area contributed by atoms with Crippen molar-refractivity contribution >= 4 is 5.65 Å². The molecule has 0 aliphatic carbocycles. The Bertz CT molecular complexity index is 569. The Morgan fingerprint density at radius 1 is 1.22 bits per heavy atom. The van der Waals surface area contributed by atoms with Crippen LogP contribution in [0.4, 0.5) is 13.2 Å². The molecule has 2 aromatic rings. The summed E-state index contributed by atoms with van der Waals surface area (Å²) >= 11 is 0. The molecule has 2 aromatic heterocycles. The summed E-state index contributed by atoms with van der Waals surface area (Å²) < 4.78 is 42.4. The van der Waals surface area contributed by atoms with Gasteiger partial charge in [-0.05, 0) is 12.1 Å². The lowest BCUT2D eigenvalue weighted by molar-refractivity contribution is -0.277. The van der Waals surface area contributed by atoms with E-state index in [9.17, 15) is 13.2 Å². The predicted molar refractivity (Wildman–Crippen MR) is 58.4 cm³/mol. The van der Waals surface area contributed by atoms with E-state index in [0.717, 1.165) is 4.52 Å². The minimum Gasteiger partial charge on any atom is -0.386 e. The molecule has 2 heterocycles. The number of rotatable bonds is 1. The normalized spacial score (nSPS) is 13.0. The minimum absolute atomic E-state index is 0.221. The first-order valence-electron chi connectivity index (χ1n) is 5.28. The Kier molecular flexibility index (Phi) is 2.71. The van der Waals surface area contributed by atoms with Crippen molar-refractivity contribution in [2.75, 3.05) is 0 Å². The van der Waals surface area contributed by atoms with Crippen molar-refractivity contribution in [3.05, 3.63) is 24.0 Å². The Balaban J connectivity index is 2.66. The van der Waals surface area contributed by atoms with Gasteiger partial charge in [0.15, 0.2) is 5.65 Å². The van der Waals surface area contributed by atoms with Gasteiger partial charge in [0.05, 0.1) is 0 Å². The largest absolute Gasteiger partial charge is 0.574 e. The molecule has 0 radical (unpaired) electrons. The maximum atomic E-state index is 12.4. The second-order valence-electron chi connectivity index (χ2n) is 4.86. The molecule has 0 aromatic carbocycles. The second kappa shape index (κ2) is 3.86. The summed E-state index contributed by atoms with van der Waals surface area (Å²) in [6.07, 6.45) is -3.39. The lowest BCUT2D eigenvalue weighted by Crippen LogP contribution is -2.22. The fourth-order valence-corrected chi connectivity index (χ4v) is 1.56. The third kappa shape index (κ3) is 2.39. The van der Waals surface area contributed by atoms with Gasteiger partial charge in [-0.1, -0.05) is 20.8 Å². The summed E-state index contributed by atoms with van der Waals surface area (Å²) in [5.41, 5.74) is -0.0333. The van der Waals surface area contributed by atoms with Gasteiger partial charge < -0.3 is 4.74 Å². The van der Waals surface area contributed by atoms with Crippen LogP contribution in [0.3, 0.4) is 0 Å². The van der Waals surface area contributed by atoms with Crippen molar-refractivity contribution in [2.45, 2.75) is 32.5 Å². The molecule has 0 saturated carbocycles. The van der Waals surface area contributed by atoms with Crippen LogP contribution in [-0.2, 0) is 5.41 Å². The van der Waals surface area contributed by atoms with Crippen LogP contribution in [0.15, 0.2) is 18.3 Å². The number of alkyl halides is 3. The average molecular weight is 259 g/mol. The minimum atomic E-state index is -4.77. The molecule has 2 rings (SSSR count). The van der Waals surface area contributed by atoms with Gasteiger partial charge >= 0.3 is 6.36 Å². The quantitative estimate of drug-likeness (QED) is 0.790. The Morgan fingerprint density at radius 2 is 1.89 bits per heavy atom. The molecule has 0 aliphatic rings. The van der Waals surface area contributed by atoms with Gasteiger partial charge in [0.1, 0.15) is 5.69 Å². The highest BCUT2D eigenvalue weighted by Gasteiger charge is 2.37. The van der Waals surface area contributed by atoms with Crippen molar-refractivity contribution in [3.8, 4) is 5.88 Å². The lowest BCUT2D eigenvalue weighted by Gasteiger charge is -2.18. The Labute approximate surface area is 101 Å². The zero-order chi connectivity index (χ0) is 13.6. The molecule has 0 saturated heterocycles. The number of halogens is 3. The highest BCUT2D eigenvalue weighted by Crippen LogP contribution is 2.34. The van der Waals surface area contributed by atoms with Crippen LogP contribution in [0.5, 0.6) is 5.88 Å². The number of ether oxygens (including phenoxy) is 1. The SMILES string of the molecule is CC(C)(C)c1nc2cccnn2c1OC(F)(F)F. The molecule has 18 heavy (non-hydrogen) atoms. The number of aromatic nitrogens is 3. The smallest absolute Gasteiger partial charge is 0.386 e. The highest BCUT2D eigenvalue weighted by molar-refractivity contribution is 5.46. The lowest BCUT2D eigenvalue weighted by atomic mass is 9.92. The first-order valence-corrected chi connectivity index (χ1v) is 5.28. The van der Waals surface area contributed by atoms with Crippen LogP contribution in [-0.4, -0.2) is 21.0 Å². The van der Waals surface area contributed by atoms with E-state index in [1.54, 1.807) is 32.9 Å². The maximum Gasteiger partial charge on any atom is 0.574 e. The van der Waals surface area contributed by atoms with Crippen molar-refractivity contribution in [2.24, 2.45) is 0 Å². The van der Waals surface area contributed by atoms with Crippen molar-refractivity contribution in [1.82, 2.24) is 14.6 Å². The summed E-state index contributed by atoms with van der Waals surface area (Å²) in [5.74, 6) is -0.384. The van der Waals surface area contributed by atoms with E-state index >= 15 is 0 Å². The molecule has 0 amide bonds. The molecule has 0 atom stereocenters. The Hall–Kier alpha value is -1.79. The van der Waals surface area contributed by atoms with Crippen molar-refractivity contribution < 1.29 is 17.9 Å². The summed E-state index contributed by atoms with van der Waals surface area (Å²) in [5, 5.41) is 3.83. The van der Waals surface area contributed by atoms with Crippen LogP contribution in [0.2, 0.25) is 0 Å². The zero-order valence-electron chi connectivity index (χ0n) is 10.1. The van der Waals surface area contributed by atoms with Crippen LogP contribution < -0.4 is 4.74 Å². The van der Waals surface area contributed by atoms with Crippen LogP contribution in [0.1, 0.15) is 26.5 Å². The van der Waals surface area contributed by atoms with Gasteiger partial charge in [0, 0.05) is 11.6 Å². The molecule has 0 bridgehead atoms. The van der Waals surface area contributed by atoms with Crippen LogP contribution in [0.25, 0.3) is 5.65 Å². The molecule has 98 valence electrons. The topological polar surface area (TPSA) is 39.4 Å². The van der Waals surface area contributed by atoms with Crippen LogP contribution in [0, 0.1) is 0 Å². The molecule has 0 aliphatic heterocycles. The van der Waals surface area contributed by atoms with E-state index < -0.39 is 11.8 Å². The number of imidazole rings is 1. The van der Waals surface area contributed by atoms with E-state index in [1.807, 2.05) is 0 Å². The fraction of sp³-hybridized carbons (Fsp3) is 0.455. The van der Waals surface area contributed by atoms with Gasteiger partial charge in [-0.25, -0.2) is 4.98 Å². The second-order valence-corrected chi connectivity index (χ2v) is 4.86. The molecular weight excluding hydrogens is 247 g/mol. The van der Waals surface area contributed by atoms with Gasteiger partial charge in [0.2, 0.25) is 5.88 Å². The standard InChI is InChI=1S/C11H12F3N3O/c1-10(2,3)8-9(18-11(12,13)14)17-7(16-8)5-4-6-15-17/h4-6H,1-3H3. The van der Waals surface area contributed by atoms with E-state index in [1.165, 1.54) is 6.20 Å². The predicted octanol–water partition coefficient (Wildman–Crippen LogP) is 2.93. The summed E-state index contributed by atoms with van der Waals surface area (Å²) in [6.45, 7) is 5.29. The monoisotopic (exact) mass is 259 g/mol. The van der Waals surface area contributed by atoms with E-state index in [2.05, 4.69) is 14.8 Å². The number of nitrogens with zero attached hydrogens (tertiary/aromatic N) is 3. The molecule has 0 unspecified atom stereocenters. The summed E-state index contributed by atoms with van der Waals surface area (Å²) in [4.78, 5) is 4.14. The van der Waals surface area contributed by atoms with Crippen LogP contribution >= 0.6 is 0 Å². The number of hydrogen-bond acceptors (Lipinski definition) is 3. The van der Waals surface area contributed by atoms with Gasteiger partial charge in [0.25, 0.3) is 0 Å².